The summed E-state index contributed by atoms with van der Waals surface area (Å²) in [6.07, 6.45) is 0. The predicted molar refractivity (Wildman–Crippen MR) is 65.8 cm³/mol. The van der Waals surface area contributed by atoms with Gasteiger partial charge in [0.15, 0.2) is 0 Å². The van der Waals surface area contributed by atoms with E-state index in [0.717, 1.165) is 25.4 Å². The highest BCUT2D eigenvalue weighted by Crippen LogP contribution is 2.10. The van der Waals surface area contributed by atoms with Gasteiger partial charge in [-0.1, -0.05) is 0 Å². The first-order chi connectivity index (χ1) is 7.56. The normalized spacial score (nSPS) is 13.1. The van der Waals surface area contributed by atoms with E-state index in [1.807, 2.05) is 0 Å². The van der Waals surface area contributed by atoms with E-state index in [2.05, 4.69) is 42.8 Å². The first-order valence-corrected chi connectivity index (χ1v) is 5.79. The largest absolute Gasteiger partial charge is 0.383 e. The van der Waals surface area contributed by atoms with Gasteiger partial charge in [0.2, 0.25) is 0 Å². The van der Waals surface area contributed by atoms with Crippen LogP contribution in [0.3, 0.4) is 0 Å². The van der Waals surface area contributed by atoms with E-state index in [1.165, 1.54) is 11.3 Å². The van der Waals surface area contributed by atoms with E-state index in [1.54, 1.807) is 7.11 Å². The molecule has 0 aromatic carbocycles. The summed E-state index contributed by atoms with van der Waals surface area (Å²) < 4.78 is 7.14. The molecule has 4 heteroatoms. The molecule has 1 heterocycles. The Morgan fingerprint density at radius 2 is 2.06 bits per heavy atom. The van der Waals surface area contributed by atoms with Crippen molar-refractivity contribution in [2.45, 2.75) is 40.3 Å². The van der Waals surface area contributed by atoms with Crippen LogP contribution in [-0.4, -0.2) is 36.1 Å². The number of hydrogen-bond acceptors (Lipinski definition) is 3. The van der Waals surface area contributed by atoms with Gasteiger partial charge < -0.3 is 10.1 Å². The molecule has 0 saturated heterocycles. The SMILES string of the molecule is COCC(C)NCCn1nc(C)c(C)c1C. The summed E-state index contributed by atoms with van der Waals surface area (Å²) in [5.74, 6) is 0. The number of hydrogen-bond donors (Lipinski definition) is 1. The van der Waals surface area contributed by atoms with Crippen molar-refractivity contribution in [3.05, 3.63) is 17.0 Å². The van der Waals surface area contributed by atoms with Gasteiger partial charge in [-0.2, -0.15) is 5.10 Å². The Morgan fingerprint density at radius 3 is 2.56 bits per heavy atom. The fraction of sp³-hybridized carbons (Fsp3) is 0.750. The van der Waals surface area contributed by atoms with Crippen LogP contribution in [0.4, 0.5) is 0 Å². The molecule has 0 bridgehead atoms. The van der Waals surface area contributed by atoms with E-state index in [9.17, 15) is 0 Å². The Hall–Kier alpha value is -0.870. The number of rotatable bonds is 6. The maximum Gasteiger partial charge on any atom is 0.0625 e. The van der Waals surface area contributed by atoms with Gasteiger partial charge in [0.25, 0.3) is 0 Å². The van der Waals surface area contributed by atoms with E-state index < -0.39 is 0 Å². The van der Waals surface area contributed by atoms with Gasteiger partial charge in [-0.25, -0.2) is 0 Å². The van der Waals surface area contributed by atoms with Crippen LogP contribution in [0.15, 0.2) is 0 Å². The molecule has 0 aliphatic heterocycles. The molecule has 0 saturated carbocycles. The Morgan fingerprint density at radius 1 is 1.38 bits per heavy atom. The predicted octanol–water partition coefficient (Wildman–Crippen LogP) is 1.43. The van der Waals surface area contributed by atoms with Crippen LogP contribution in [0, 0.1) is 20.8 Å². The van der Waals surface area contributed by atoms with Gasteiger partial charge in [-0.3, -0.25) is 4.68 Å². The molecule has 1 aromatic heterocycles. The van der Waals surface area contributed by atoms with Gasteiger partial charge in [0.1, 0.15) is 0 Å². The molecule has 1 rings (SSSR count). The summed E-state index contributed by atoms with van der Waals surface area (Å²) in [4.78, 5) is 0. The second-order valence-corrected chi connectivity index (χ2v) is 4.33. The third-order valence-electron chi connectivity index (χ3n) is 2.98. The highest BCUT2D eigenvalue weighted by Gasteiger charge is 2.07. The van der Waals surface area contributed by atoms with Crippen molar-refractivity contribution < 1.29 is 4.74 Å². The molecule has 16 heavy (non-hydrogen) atoms. The lowest BCUT2D eigenvalue weighted by molar-refractivity contribution is 0.171. The molecule has 0 aliphatic rings. The van der Waals surface area contributed by atoms with E-state index in [0.29, 0.717) is 6.04 Å². The molecular formula is C12H23N3O. The lowest BCUT2D eigenvalue weighted by Crippen LogP contribution is -2.33. The molecular weight excluding hydrogens is 202 g/mol. The third kappa shape index (κ3) is 3.32. The lowest BCUT2D eigenvalue weighted by Gasteiger charge is -2.13. The zero-order chi connectivity index (χ0) is 12.1. The Labute approximate surface area is 98.0 Å². The summed E-state index contributed by atoms with van der Waals surface area (Å²) in [6, 6.07) is 0.392. The molecule has 0 spiro atoms. The average molecular weight is 225 g/mol. The molecule has 0 radical (unpaired) electrons. The van der Waals surface area contributed by atoms with Crippen LogP contribution in [0.1, 0.15) is 23.9 Å². The van der Waals surface area contributed by atoms with Gasteiger partial charge in [0, 0.05) is 25.4 Å². The molecule has 1 aromatic rings. The minimum atomic E-state index is 0.392. The topological polar surface area (TPSA) is 39.1 Å². The smallest absolute Gasteiger partial charge is 0.0625 e. The number of aryl methyl sites for hydroxylation is 1. The number of methoxy groups -OCH3 is 1. The first-order valence-electron chi connectivity index (χ1n) is 5.79. The van der Waals surface area contributed by atoms with Gasteiger partial charge in [-0.05, 0) is 33.3 Å². The molecule has 0 aliphatic carbocycles. The van der Waals surface area contributed by atoms with Crippen molar-refractivity contribution in [2.24, 2.45) is 0 Å². The first kappa shape index (κ1) is 13.2. The summed E-state index contributed by atoms with van der Waals surface area (Å²) in [5.41, 5.74) is 3.69. The van der Waals surface area contributed by atoms with Crippen molar-refractivity contribution in [3.63, 3.8) is 0 Å². The monoisotopic (exact) mass is 225 g/mol. The quantitative estimate of drug-likeness (QED) is 0.796. The average Bonchev–Trinajstić information content (AvgIpc) is 2.47. The molecule has 1 atom stereocenters. The van der Waals surface area contributed by atoms with Crippen LogP contribution in [0.2, 0.25) is 0 Å². The zero-order valence-corrected chi connectivity index (χ0v) is 11.0. The van der Waals surface area contributed by atoms with Crippen LogP contribution in [0.5, 0.6) is 0 Å². The Bertz CT molecular complexity index is 333. The van der Waals surface area contributed by atoms with Crippen LogP contribution < -0.4 is 5.32 Å². The molecule has 1 unspecified atom stereocenters. The summed E-state index contributed by atoms with van der Waals surface area (Å²) in [7, 11) is 1.72. The highest BCUT2D eigenvalue weighted by molar-refractivity contribution is 5.22. The van der Waals surface area contributed by atoms with Crippen molar-refractivity contribution in [1.29, 1.82) is 0 Å². The van der Waals surface area contributed by atoms with E-state index >= 15 is 0 Å². The maximum atomic E-state index is 5.07. The number of nitrogens with one attached hydrogen (secondary N) is 1. The van der Waals surface area contributed by atoms with E-state index in [-0.39, 0.29) is 0 Å². The zero-order valence-electron chi connectivity index (χ0n) is 11.0. The second kappa shape index (κ2) is 6.01. The fourth-order valence-electron chi connectivity index (χ4n) is 1.73. The highest BCUT2D eigenvalue weighted by atomic mass is 16.5. The molecule has 1 N–H and O–H groups in total. The van der Waals surface area contributed by atoms with Gasteiger partial charge >= 0.3 is 0 Å². The third-order valence-corrected chi connectivity index (χ3v) is 2.98. The summed E-state index contributed by atoms with van der Waals surface area (Å²) in [6.45, 7) is 11.0. The standard InChI is InChI=1S/C12H23N3O/c1-9(8-16-5)13-6-7-15-12(4)10(2)11(3)14-15/h9,13H,6-8H2,1-5H3. The van der Waals surface area contributed by atoms with Crippen molar-refractivity contribution in [3.8, 4) is 0 Å². The minimum absolute atomic E-state index is 0.392. The van der Waals surface area contributed by atoms with E-state index in [4.69, 9.17) is 4.74 Å². The number of ether oxygens (including phenoxy) is 1. The number of aromatic nitrogens is 2. The van der Waals surface area contributed by atoms with Crippen molar-refractivity contribution in [1.82, 2.24) is 15.1 Å². The minimum Gasteiger partial charge on any atom is -0.383 e. The number of nitrogens with zero attached hydrogens (tertiary/aromatic N) is 2. The molecule has 0 amide bonds. The Balaban J connectivity index is 2.40. The van der Waals surface area contributed by atoms with Crippen LogP contribution in [-0.2, 0) is 11.3 Å². The summed E-state index contributed by atoms with van der Waals surface area (Å²) in [5, 5.41) is 7.90. The van der Waals surface area contributed by atoms with Crippen LogP contribution >= 0.6 is 0 Å². The van der Waals surface area contributed by atoms with Crippen LogP contribution in [0.25, 0.3) is 0 Å². The lowest BCUT2D eigenvalue weighted by atomic mass is 10.2. The maximum absolute atomic E-state index is 5.07. The molecule has 4 nitrogen and oxygen atoms in total. The fourth-order valence-corrected chi connectivity index (χ4v) is 1.73. The molecule has 0 fully saturated rings. The Kier molecular flexibility index (Phi) is 4.96. The molecule has 92 valence electrons. The van der Waals surface area contributed by atoms with Crippen molar-refractivity contribution in [2.75, 3.05) is 20.3 Å². The van der Waals surface area contributed by atoms with Gasteiger partial charge in [-0.15, -0.1) is 0 Å². The van der Waals surface area contributed by atoms with Crippen molar-refractivity contribution >= 4 is 0 Å². The summed E-state index contributed by atoms with van der Waals surface area (Å²) >= 11 is 0. The second-order valence-electron chi connectivity index (χ2n) is 4.33. The van der Waals surface area contributed by atoms with Gasteiger partial charge in [0.05, 0.1) is 18.8 Å².